The van der Waals surface area contributed by atoms with Gasteiger partial charge in [0.1, 0.15) is 0 Å². The fourth-order valence-corrected chi connectivity index (χ4v) is 5.14. The van der Waals surface area contributed by atoms with Crippen LogP contribution in [0.2, 0.25) is 0 Å². The zero-order valence-electron chi connectivity index (χ0n) is 14.0. The Kier molecular flexibility index (Phi) is 4.91. The molecule has 3 nitrogen and oxygen atoms in total. The number of hydrogen-bond acceptors (Lipinski definition) is 3. The highest BCUT2D eigenvalue weighted by atomic mass is 79.9. The molecule has 126 valence electrons. The van der Waals surface area contributed by atoms with Crippen molar-refractivity contribution in [1.82, 2.24) is 9.80 Å². The lowest BCUT2D eigenvalue weighted by Gasteiger charge is -2.37. The van der Waals surface area contributed by atoms with Crippen LogP contribution in [0.4, 0.5) is 11.4 Å². The van der Waals surface area contributed by atoms with Crippen molar-refractivity contribution < 1.29 is 0 Å². The number of para-hydroxylation sites is 1. The van der Waals surface area contributed by atoms with Crippen LogP contribution in [0.1, 0.15) is 0 Å². The van der Waals surface area contributed by atoms with Crippen molar-refractivity contribution in [2.45, 2.75) is 0 Å². The number of nitrogens with zero attached hydrogens (tertiary/aromatic N) is 3. The highest BCUT2D eigenvalue weighted by molar-refractivity contribution is 9.10. The Hall–Kier alpha value is -0.930. The van der Waals surface area contributed by atoms with Crippen molar-refractivity contribution in [3.05, 3.63) is 46.9 Å². The first-order chi connectivity index (χ1) is 11.7. The summed E-state index contributed by atoms with van der Waals surface area (Å²) in [4.78, 5) is 7.53. The van der Waals surface area contributed by atoms with Gasteiger partial charge in [-0.15, -0.1) is 0 Å². The van der Waals surface area contributed by atoms with Gasteiger partial charge in [0.2, 0.25) is 0 Å². The van der Waals surface area contributed by atoms with Crippen LogP contribution in [0, 0.1) is 0 Å². The van der Waals surface area contributed by atoms with Gasteiger partial charge in [-0.1, -0.05) is 48.8 Å². The Balaban J connectivity index is 1.58. The molecule has 0 bridgehead atoms. The largest absolute Gasteiger partial charge is 0.339 e. The van der Waals surface area contributed by atoms with Crippen molar-refractivity contribution in [2.24, 2.45) is 0 Å². The van der Waals surface area contributed by atoms with Crippen LogP contribution in [0.3, 0.4) is 0 Å². The molecule has 1 unspecified atom stereocenters. The van der Waals surface area contributed by atoms with E-state index in [-0.39, 0.29) is 0 Å². The lowest BCUT2D eigenvalue weighted by Crippen LogP contribution is -2.47. The second kappa shape index (κ2) is 7.13. The SMILES string of the molecule is CN1CCN(CCN2c3ccccc3Pc3ccc(Br)cc32)CC1. The topological polar surface area (TPSA) is 9.72 Å². The summed E-state index contributed by atoms with van der Waals surface area (Å²) in [7, 11) is 2.97. The number of hydrogen-bond donors (Lipinski definition) is 0. The minimum Gasteiger partial charge on any atom is -0.339 e. The van der Waals surface area contributed by atoms with Gasteiger partial charge in [0.05, 0.1) is 5.69 Å². The van der Waals surface area contributed by atoms with Crippen LogP contribution in [0.25, 0.3) is 0 Å². The monoisotopic (exact) mass is 403 g/mol. The molecule has 0 amide bonds. The first kappa shape index (κ1) is 16.5. The van der Waals surface area contributed by atoms with E-state index in [0.29, 0.717) is 0 Å². The molecule has 2 aromatic rings. The Bertz CT molecular complexity index is 728. The quantitative estimate of drug-likeness (QED) is 0.729. The number of benzene rings is 2. The van der Waals surface area contributed by atoms with Crippen molar-refractivity contribution in [3.8, 4) is 0 Å². The summed E-state index contributed by atoms with van der Waals surface area (Å²) in [5.41, 5.74) is 2.76. The van der Waals surface area contributed by atoms with Crippen molar-refractivity contribution in [3.63, 3.8) is 0 Å². The minimum absolute atomic E-state index is 0.751. The van der Waals surface area contributed by atoms with Gasteiger partial charge in [-0.3, -0.25) is 4.90 Å². The Labute approximate surface area is 154 Å². The summed E-state index contributed by atoms with van der Waals surface area (Å²) in [6.07, 6.45) is 0. The molecular weight excluding hydrogens is 381 g/mol. The first-order valence-electron chi connectivity index (χ1n) is 8.55. The second-order valence-electron chi connectivity index (χ2n) is 6.60. The second-order valence-corrected chi connectivity index (χ2v) is 8.84. The number of anilines is 2. The molecule has 1 atom stereocenters. The molecule has 5 heteroatoms. The number of halogens is 1. The summed E-state index contributed by atoms with van der Waals surface area (Å²) in [5.74, 6) is 0. The van der Waals surface area contributed by atoms with Gasteiger partial charge in [-0.05, 0) is 25.2 Å². The molecule has 0 spiro atoms. The van der Waals surface area contributed by atoms with Crippen molar-refractivity contribution >= 4 is 46.5 Å². The maximum atomic E-state index is 3.65. The lowest BCUT2D eigenvalue weighted by molar-refractivity contribution is 0.157. The van der Waals surface area contributed by atoms with Crippen molar-refractivity contribution in [2.75, 3.05) is 51.2 Å². The van der Waals surface area contributed by atoms with Gasteiger partial charge in [-0.25, -0.2) is 0 Å². The van der Waals surface area contributed by atoms with Crippen LogP contribution in [0.15, 0.2) is 46.9 Å². The predicted molar refractivity (Wildman–Crippen MR) is 109 cm³/mol. The molecule has 1 fully saturated rings. The van der Waals surface area contributed by atoms with Crippen LogP contribution >= 0.6 is 24.5 Å². The zero-order valence-corrected chi connectivity index (χ0v) is 16.6. The highest BCUT2D eigenvalue weighted by Crippen LogP contribution is 2.36. The highest BCUT2D eigenvalue weighted by Gasteiger charge is 2.23. The first-order valence-corrected chi connectivity index (χ1v) is 10.3. The average Bonchev–Trinajstić information content (AvgIpc) is 2.60. The van der Waals surface area contributed by atoms with Crippen LogP contribution in [-0.2, 0) is 0 Å². The van der Waals surface area contributed by atoms with Gasteiger partial charge in [0.25, 0.3) is 0 Å². The summed E-state index contributed by atoms with van der Waals surface area (Å²) in [5, 5.41) is 2.92. The summed E-state index contributed by atoms with van der Waals surface area (Å²) < 4.78 is 1.16. The molecule has 24 heavy (non-hydrogen) atoms. The molecule has 2 aromatic carbocycles. The molecule has 0 radical (unpaired) electrons. The van der Waals surface area contributed by atoms with E-state index in [1.807, 2.05) is 0 Å². The van der Waals surface area contributed by atoms with E-state index in [1.54, 1.807) is 0 Å². The fourth-order valence-electron chi connectivity index (χ4n) is 3.48. The number of rotatable bonds is 3. The van der Waals surface area contributed by atoms with Crippen LogP contribution < -0.4 is 15.5 Å². The normalized spacial score (nSPS) is 19.3. The van der Waals surface area contributed by atoms with E-state index in [1.165, 1.54) is 48.2 Å². The van der Waals surface area contributed by atoms with E-state index in [2.05, 4.69) is 80.1 Å². The van der Waals surface area contributed by atoms with Crippen molar-refractivity contribution in [1.29, 1.82) is 0 Å². The molecule has 2 aliphatic heterocycles. The standard InChI is InChI=1S/C19H23BrN3P/c1-21-8-10-22(11-9-21)12-13-23-16-4-2-3-5-18(16)24-19-7-6-15(20)14-17(19)23/h2-7,14,24H,8-13H2,1H3. The molecular formula is C19H23BrN3P. The number of fused-ring (bicyclic) bond motifs is 2. The van der Waals surface area contributed by atoms with Gasteiger partial charge in [-0.2, -0.15) is 0 Å². The fraction of sp³-hybridized carbons (Fsp3) is 0.368. The number of piperazine rings is 1. The summed E-state index contributed by atoms with van der Waals surface area (Å²) in [6.45, 7) is 6.89. The van der Waals surface area contributed by atoms with E-state index >= 15 is 0 Å². The van der Waals surface area contributed by atoms with E-state index in [9.17, 15) is 0 Å². The maximum Gasteiger partial charge on any atom is 0.0501 e. The van der Waals surface area contributed by atoms with Gasteiger partial charge in [0, 0.05) is 60.0 Å². The lowest BCUT2D eigenvalue weighted by atomic mass is 10.2. The third-order valence-corrected chi connectivity index (χ3v) is 6.83. The molecule has 0 saturated carbocycles. The number of likely N-dealkylation sites (N-methyl/N-ethyl adjacent to an activating group) is 1. The molecule has 4 rings (SSSR count). The molecule has 1 saturated heterocycles. The molecule has 0 aliphatic carbocycles. The van der Waals surface area contributed by atoms with Gasteiger partial charge >= 0.3 is 0 Å². The molecule has 0 N–H and O–H groups in total. The third-order valence-electron chi connectivity index (χ3n) is 4.95. The predicted octanol–water partition coefficient (Wildman–Crippen LogP) is 2.78. The Morgan fingerprint density at radius 2 is 1.67 bits per heavy atom. The smallest absolute Gasteiger partial charge is 0.0501 e. The van der Waals surface area contributed by atoms with Gasteiger partial charge < -0.3 is 9.80 Å². The maximum absolute atomic E-state index is 3.65. The minimum atomic E-state index is 0.751. The Morgan fingerprint density at radius 3 is 2.50 bits per heavy atom. The Morgan fingerprint density at radius 1 is 0.917 bits per heavy atom. The molecule has 0 aromatic heterocycles. The molecule has 2 heterocycles. The van der Waals surface area contributed by atoms with E-state index < -0.39 is 0 Å². The summed E-state index contributed by atoms with van der Waals surface area (Å²) in [6, 6.07) is 15.6. The third kappa shape index (κ3) is 3.39. The average molecular weight is 404 g/mol. The van der Waals surface area contributed by atoms with E-state index in [4.69, 9.17) is 0 Å². The molecule has 2 aliphatic rings. The van der Waals surface area contributed by atoms with E-state index in [0.717, 1.165) is 26.1 Å². The van der Waals surface area contributed by atoms with Crippen LogP contribution in [-0.4, -0.2) is 56.1 Å². The van der Waals surface area contributed by atoms with Crippen LogP contribution in [0.5, 0.6) is 0 Å². The zero-order chi connectivity index (χ0) is 16.5. The summed E-state index contributed by atoms with van der Waals surface area (Å²) >= 11 is 3.65. The van der Waals surface area contributed by atoms with Gasteiger partial charge in [0.15, 0.2) is 0 Å².